The van der Waals surface area contributed by atoms with Crippen LogP contribution in [0, 0.1) is 5.92 Å². The van der Waals surface area contributed by atoms with Crippen molar-refractivity contribution in [3.8, 4) is 0 Å². The Hall–Kier alpha value is 0.0500. The van der Waals surface area contributed by atoms with E-state index < -0.39 is 0 Å². The quantitative estimate of drug-likeness (QED) is 0.739. The summed E-state index contributed by atoms with van der Waals surface area (Å²) in [6, 6.07) is 3.92. The molecule has 0 spiro atoms. The molecule has 1 rings (SSSR count). The SMILES string of the molecule is CC(C)CC(C)NCc1c(Cl)ccc(Cl)c1Cl. The molecule has 1 N–H and O–H groups in total. The summed E-state index contributed by atoms with van der Waals surface area (Å²) in [5.74, 6) is 0.669. The lowest BCUT2D eigenvalue weighted by atomic mass is 10.1. The van der Waals surface area contributed by atoms with Crippen molar-refractivity contribution in [3.05, 3.63) is 32.8 Å². The van der Waals surface area contributed by atoms with Gasteiger partial charge in [0, 0.05) is 23.2 Å². The Kier molecular flexibility index (Phi) is 6.08. The van der Waals surface area contributed by atoms with Crippen LogP contribution < -0.4 is 5.32 Å². The first-order valence-corrected chi connectivity index (χ1v) is 6.91. The predicted octanol–water partition coefficient (Wildman–Crippen LogP) is 5.17. The van der Waals surface area contributed by atoms with Gasteiger partial charge in [-0.05, 0) is 31.4 Å². The van der Waals surface area contributed by atoms with Gasteiger partial charge in [-0.15, -0.1) is 0 Å². The maximum absolute atomic E-state index is 6.13. The third-order valence-electron chi connectivity index (χ3n) is 2.59. The summed E-state index contributed by atoms with van der Waals surface area (Å²) < 4.78 is 0. The van der Waals surface area contributed by atoms with Gasteiger partial charge in [0.25, 0.3) is 0 Å². The van der Waals surface area contributed by atoms with Crippen molar-refractivity contribution in [3.63, 3.8) is 0 Å². The molecule has 17 heavy (non-hydrogen) atoms. The normalized spacial score (nSPS) is 13.1. The van der Waals surface area contributed by atoms with E-state index >= 15 is 0 Å². The predicted molar refractivity (Wildman–Crippen MR) is 77.2 cm³/mol. The third-order valence-corrected chi connectivity index (χ3v) is 3.79. The molecule has 0 radical (unpaired) electrons. The zero-order valence-corrected chi connectivity index (χ0v) is 12.6. The molecule has 0 aromatic heterocycles. The number of rotatable bonds is 5. The topological polar surface area (TPSA) is 12.0 Å². The third kappa shape index (κ3) is 4.67. The van der Waals surface area contributed by atoms with Crippen molar-refractivity contribution in [1.82, 2.24) is 5.32 Å². The first-order chi connectivity index (χ1) is 7.91. The number of hydrogen-bond acceptors (Lipinski definition) is 1. The van der Waals surface area contributed by atoms with Crippen LogP contribution in [0.15, 0.2) is 12.1 Å². The Morgan fingerprint density at radius 2 is 1.65 bits per heavy atom. The van der Waals surface area contributed by atoms with Gasteiger partial charge in [0.1, 0.15) is 0 Å². The lowest BCUT2D eigenvalue weighted by Gasteiger charge is -2.17. The molecule has 0 amide bonds. The maximum atomic E-state index is 6.13. The van der Waals surface area contributed by atoms with Gasteiger partial charge in [0.2, 0.25) is 0 Å². The Morgan fingerprint density at radius 1 is 1.06 bits per heavy atom. The van der Waals surface area contributed by atoms with E-state index in [1.165, 1.54) is 0 Å². The smallest absolute Gasteiger partial charge is 0.0652 e. The summed E-state index contributed by atoms with van der Waals surface area (Å²) in [5.41, 5.74) is 0.872. The highest BCUT2D eigenvalue weighted by atomic mass is 35.5. The fraction of sp³-hybridized carbons (Fsp3) is 0.538. The van der Waals surface area contributed by atoms with Gasteiger partial charge in [-0.2, -0.15) is 0 Å². The van der Waals surface area contributed by atoms with Crippen LogP contribution in [0.25, 0.3) is 0 Å². The minimum Gasteiger partial charge on any atom is -0.310 e. The van der Waals surface area contributed by atoms with Gasteiger partial charge in [-0.3, -0.25) is 0 Å². The highest BCUT2D eigenvalue weighted by Gasteiger charge is 2.11. The van der Waals surface area contributed by atoms with E-state index in [0.29, 0.717) is 33.6 Å². The molecule has 1 atom stereocenters. The molecule has 96 valence electrons. The average Bonchev–Trinajstić information content (AvgIpc) is 2.23. The van der Waals surface area contributed by atoms with Crippen molar-refractivity contribution >= 4 is 34.8 Å². The molecule has 0 aliphatic heterocycles. The van der Waals surface area contributed by atoms with Crippen molar-refractivity contribution in [1.29, 1.82) is 0 Å². The van der Waals surface area contributed by atoms with Gasteiger partial charge in [0.05, 0.1) is 10.0 Å². The van der Waals surface area contributed by atoms with Gasteiger partial charge in [-0.1, -0.05) is 48.7 Å². The van der Waals surface area contributed by atoms with E-state index in [4.69, 9.17) is 34.8 Å². The molecular formula is C13H18Cl3N. The van der Waals surface area contributed by atoms with Crippen LogP contribution in [0.2, 0.25) is 15.1 Å². The monoisotopic (exact) mass is 293 g/mol. The summed E-state index contributed by atoms with van der Waals surface area (Å²) in [7, 11) is 0. The zero-order chi connectivity index (χ0) is 13.0. The second-order valence-electron chi connectivity index (χ2n) is 4.73. The lowest BCUT2D eigenvalue weighted by molar-refractivity contribution is 0.441. The van der Waals surface area contributed by atoms with Gasteiger partial charge in [-0.25, -0.2) is 0 Å². The van der Waals surface area contributed by atoms with Gasteiger partial charge >= 0.3 is 0 Å². The highest BCUT2D eigenvalue weighted by Crippen LogP contribution is 2.31. The first-order valence-electron chi connectivity index (χ1n) is 5.77. The van der Waals surface area contributed by atoms with E-state index in [0.717, 1.165) is 12.0 Å². The van der Waals surface area contributed by atoms with E-state index in [2.05, 4.69) is 26.1 Å². The summed E-state index contributed by atoms with van der Waals surface area (Å²) in [6.07, 6.45) is 1.12. The Labute approximate surface area is 118 Å². The number of benzene rings is 1. The largest absolute Gasteiger partial charge is 0.310 e. The molecule has 1 aromatic rings. The molecule has 0 bridgehead atoms. The van der Waals surface area contributed by atoms with Crippen LogP contribution in [-0.2, 0) is 6.54 Å². The fourth-order valence-electron chi connectivity index (χ4n) is 1.80. The summed E-state index contributed by atoms with van der Waals surface area (Å²) in [4.78, 5) is 0. The first kappa shape index (κ1) is 15.1. The van der Waals surface area contributed by atoms with Crippen molar-refractivity contribution in [2.45, 2.75) is 39.8 Å². The standard InChI is InChI=1S/C13H18Cl3N/c1-8(2)6-9(3)17-7-10-11(14)4-5-12(15)13(10)16/h4-5,8-9,17H,6-7H2,1-3H3. The van der Waals surface area contributed by atoms with E-state index in [9.17, 15) is 0 Å². The number of nitrogens with one attached hydrogen (secondary N) is 1. The molecule has 1 unspecified atom stereocenters. The maximum Gasteiger partial charge on any atom is 0.0652 e. The number of hydrogen-bond donors (Lipinski definition) is 1. The van der Waals surface area contributed by atoms with Crippen LogP contribution >= 0.6 is 34.8 Å². The second kappa shape index (κ2) is 6.84. The van der Waals surface area contributed by atoms with Crippen molar-refractivity contribution in [2.24, 2.45) is 5.92 Å². The molecule has 0 aliphatic carbocycles. The van der Waals surface area contributed by atoms with Crippen LogP contribution in [0.3, 0.4) is 0 Å². The average molecular weight is 295 g/mol. The molecule has 1 aromatic carbocycles. The number of halogens is 3. The molecule has 1 nitrogen and oxygen atoms in total. The van der Waals surface area contributed by atoms with Crippen molar-refractivity contribution < 1.29 is 0 Å². The van der Waals surface area contributed by atoms with Crippen LogP contribution in [0.4, 0.5) is 0 Å². The molecule has 0 aliphatic rings. The van der Waals surface area contributed by atoms with Crippen LogP contribution in [0.5, 0.6) is 0 Å². The minimum atomic E-state index is 0.432. The molecular weight excluding hydrogens is 277 g/mol. The molecule has 0 heterocycles. The van der Waals surface area contributed by atoms with Crippen molar-refractivity contribution in [2.75, 3.05) is 0 Å². The lowest BCUT2D eigenvalue weighted by Crippen LogP contribution is -2.27. The molecule has 4 heteroatoms. The Bertz CT molecular complexity index is 377. The summed E-state index contributed by atoms with van der Waals surface area (Å²) in [6.45, 7) is 7.22. The Balaban J connectivity index is 2.66. The fourth-order valence-corrected chi connectivity index (χ4v) is 2.48. The van der Waals surface area contributed by atoms with Crippen LogP contribution in [-0.4, -0.2) is 6.04 Å². The van der Waals surface area contributed by atoms with Crippen LogP contribution in [0.1, 0.15) is 32.8 Å². The molecule has 0 fully saturated rings. The Morgan fingerprint density at radius 3 is 2.24 bits per heavy atom. The zero-order valence-electron chi connectivity index (χ0n) is 10.4. The van der Waals surface area contributed by atoms with E-state index in [1.54, 1.807) is 12.1 Å². The van der Waals surface area contributed by atoms with Gasteiger partial charge in [0.15, 0.2) is 0 Å². The van der Waals surface area contributed by atoms with E-state index in [1.807, 2.05) is 0 Å². The minimum absolute atomic E-state index is 0.432. The summed E-state index contributed by atoms with van der Waals surface area (Å²) >= 11 is 18.2. The molecule has 0 saturated heterocycles. The molecule has 0 saturated carbocycles. The van der Waals surface area contributed by atoms with E-state index in [-0.39, 0.29) is 0 Å². The summed E-state index contributed by atoms with van der Waals surface area (Å²) in [5, 5.41) is 5.16. The second-order valence-corrected chi connectivity index (χ2v) is 5.93. The van der Waals surface area contributed by atoms with Gasteiger partial charge < -0.3 is 5.32 Å². The highest BCUT2D eigenvalue weighted by molar-refractivity contribution is 6.44.